The van der Waals surface area contributed by atoms with Gasteiger partial charge >= 0.3 is 0 Å². The molecular weight excluding hydrogens is 264 g/mol. The SMILES string of the molecule is Cc1nc2cnn([C@@H]3O[C@H](CO)[C@@H](O)[C@H]3O)c2nc1C. The van der Waals surface area contributed by atoms with Gasteiger partial charge in [0, 0.05) is 0 Å². The molecule has 3 N–H and O–H groups in total. The highest BCUT2D eigenvalue weighted by atomic mass is 16.6. The molecule has 8 nitrogen and oxygen atoms in total. The third-order valence-corrected chi connectivity index (χ3v) is 3.59. The summed E-state index contributed by atoms with van der Waals surface area (Å²) < 4.78 is 6.83. The predicted molar refractivity (Wildman–Crippen MR) is 67.8 cm³/mol. The third kappa shape index (κ3) is 1.88. The Bertz CT molecular complexity index is 644. The van der Waals surface area contributed by atoms with Crippen LogP contribution in [0.5, 0.6) is 0 Å². The highest BCUT2D eigenvalue weighted by Crippen LogP contribution is 2.30. The second-order valence-corrected chi connectivity index (χ2v) is 4.92. The second-order valence-electron chi connectivity index (χ2n) is 4.92. The van der Waals surface area contributed by atoms with Crippen molar-refractivity contribution in [3.8, 4) is 0 Å². The van der Waals surface area contributed by atoms with Gasteiger partial charge in [-0.3, -0.25) is 0 Å². The van der Waals surface area contributed by atoms with Gasteiger partial charge in [-0.05, 0) is 13.8 Å². The quantitative estimate of drug-likeness (QED) is 0.650. The first-order valence-electron chi connectivity index (χ1n) is 6.34. The molecule has 0 bridgehead atoms. The first kappa shape index (κ1) is 13.4. The van der Waals surface area contributed by atoms with E-state index in [1.165, 1.54) is 10.9 Å². The minimum atomic E-state index is -1.18. The number of ether oxygens (including phenoxy) is 1. The average molecular weight is 280 g/mol. The minimum Gasteiger partial charge on any atom is -0.394 e. The zero-order valence-corrected chi connectivity index (χ0v) is 11.1. The summed E-state index contributed by atoms with van der Waals surface area (Å²) in [6.07, 6.45) is -2.55. The van der Waals surface area contributed by atoms with Gasteiger partial charge in [0.2, 0.25) is 0 Å². The molecular formula is C12H16N4O4. The van der Waals surface area contributed by atoms with E-state index in [1.807, 2.05) is 13.8 Å². The standard InChI is InChI=1S/C12H16N4O4/c1-5-6(2)15-11-7(14-5)3-13-16(11)12-10(19)9(18)8(4-17)20-12/h3,8-10,12,17-19H,4H2,1-2H3/t8-,9-,10-,12-/m1/s1. The van der Waals surface area contributed by atoms with Gasteiger partial charge in [0.15, 0.2) is 11.9 Å². The minimum absolute atomic E-state index is 0.377. The van der Waals surface area contributed by atoms with Crippen LogP contribution < -0.4 is 0 Å². The molecule has 0 unspecified atom stereocenters. The number of aliphatic hydroxyl groups excluding tert-OH is 3. The summed E-state index contributed by atoms with van der Waals surface area (Å²) in [6.45, 7) is 3.31. The van der Waals surface area contributed by atoms with Crippen LogP contribution in [-0.2, 0) is 4.74 Å². The maximum atomic E-state index is 10.0. The molecule has 1 saturated heterocycles. The largest absolute Gasteiger partial charge is 0.394 e. The van der Waals surface area contributed by atoms with Crippen molar-refractivity contribution in [2.24, 2.45) is 0 Å². The maximum absolute atomic E-state index is 10.0. The number of hydrogen-bond donors (Lipinski definition) is 3. The Morgan fingerprint density at radius 2 is 1.90 bits per heavy atom. The summed E-state index contributed by atoms with van der Waals surface area (Å²) in [5.41, 5.74) is 2.62. The fourth-order valence-corrected chi connectivity index (χ4v) is 2.30. The number of hydrogen-bond acceptors (Lipinski definition) is 7. The lowest BCUT2D eigenvalue weighted by Crippen LogP contribution is -2.33. The van der Waals surface area contributed by atoms with Crippen molar-refractivity contribution in [2.45, 2.75) is 38.4 Å². The van der Waals surface area contributed by atoms with Crippen molar-refractivity contribution < 1.29 is 20.1 Å². The zero-order valence-electron chi connectivity index (χ0n) is 11.1. The highest BCUT2D eigenvalue weighted by Gasteiger charge is 2.44. The maximum Gasteiger partial charge on any atom is 0.181 e. The van der Waals surface area contributed by atoms with Gasteiger partial charge in [0.05, 0.1) is 24.2 Å². The van der Waals surface area contributed by atoms with E-state index < -0.39 is 24.5 Å². The van der Waals surface area contributed by atoms with E-state index in [4.69, 9.17) is 9.84 Å². The molecule has 0 spiro atoms. The molecule has 1 fully saturated rings. The van der Waals surface area contributed by atoms with E-state index >= 15 is 0 Å². The molecule has 0 aliphatic carbocycles. The number of rotatable bonds is 2. The van der Waals surface area contributed by atoms with Crippen molar-refractivity contribution in [3.63, 3.8) is 0 Å². The lowest BCUT2D eigenvalue weighted by molar-refractivity contribution is -0.0566. The Balaban J connectivity index is 2.05. The van der Waals surface area contributed by atoms with Crippen LogP contribution in [0, 0.1) is 13.8 Å². The van der Waals surface area contributed by atoms with E-state index in [0.717, 1.165) is 11.4 Å². The molecule has 3 heterocycles. The Morgan fingerprint density at radius 1 is 1.20 bits per heavy atom. The molecule has 2 aromatic heterocycles. The van der Waals surface area contributed by atoms with Crippen LogP contribution >= 0.6 is 0 Å². The summed E-state index contributed by atoms with van der Waals surface area (Å²) in [7, 11) is 0. The molecule has 0 radical (unpaired) electrons. The lowest BCUT2D eigenvalue weighted by atomic mass is 10.1. The molecule has 4 atom stereocenters. The van der Waals surface area contributed by atoms with Crippen molar-refractivity contribution in [1.29, 1.82) is 0 Å². The van der Waals surface area contributed by atoms with Crippen LogP contribution in [0.4, 0.5) is 0 Å². The van der Waals surface area contributed by atoms with Gasteiger partial charge < -0.3 is 20.1 Å². The van der Waals surface area contributed by atoms with Crippen LogP contribution in [0.3, 0.4) is 0 Å². The highest BCUT2D eigenvalue weighted by molar-refractivity contribution is 5.69. The first-order valence-corrected chi connectivity index (χ1v) is 6.34. The Labute approximate surface area is 114 Å². The monoisotopic (exact) mass is 280 g/mol. The molecule has 0 saturated carbocycles. The topological polar surface area (TPSA) is 114 Å². The van der Waals surface area contributed by atoms with Gasteiger partial charge in [0.1, 0.15) is 23.8 Å². The van der Waals surface area contributed by atoms with Crippen molar-refractivity contribution in [1.82, 2.24) is 19.7 Å². The van der Waals surface area contributed by atoms with E-state index in [1.54, 1.807) is 0 Å². The number of aromatic nitrogens is 4. The van der Waals surface area contributed by atoms with Crippen molar-refractivity contribution in [2.75, 3.05) is 6.61 Å². The van der Waals surface area contributed by atoms with E-state index in [-0.39, 0.29) is 6.61 Å². The van der Waals surface area contributed by atoms with E-state index in [0.29, 0.717) is 11.2 Å². The van der Waals surface area contributed by atoms with E-state index in [9.17, 15) is 10.2 Å². The molecule has 3 rings (SSSR count). The molecule has 2 aromatic rings. The number of aryl methyl sites for hydroxylation is 2. The normalized spacial score (nSPS) is 30.2. The van der Waals surface area contributed by atoms with Crippen molar-refractivity contribution in [3.05, 3.63) is 17.6 Å². The van der Waals surface area contributed by atoms with Crippen LogP contribution in [-0.4, -0.2) is 60.0 Å². The predicted octanol–water partition coefficient (Wildman–Crippen LogP) is -0.945. The lowest BCUT2D eigenvalue weighted by Gasteiger charge is -2.15. The Morgan fingerprint density at radius 3 is 2.55 bits per heavy atom. The summed E-state index contributed by atoms with van der Waals surface area (Å²) in [4.78, 5) is 8.75. The molecule has 108 valence electrons. The molecule has 20 heavy (non-hydrogen) atoms. The summed E-state index contributed by atoms with van der Waals surface area (Å²) in [5.74, 6) is 0. The number of fused-ring (bicyclic) bond motifs is 1. The molecule has 8 heteroatoms. The Kier molecular flexibility index (Phi) is 3.17. The first-order chi connectivity index (χ1) is 9.52. The summed E-state index contributed by atoms with van der Waals surface area (Å²) in [6, 6.07) is 0. The smallest absolute Gasteiger partial charge is 0.181 e. The van der Waals surface area contributed by atoms with Gasteiger partial charge in [-0.15, -0.1) is 0 Å². The van der Waals surface area contributed by atoms with Crippen LogP contribution in [0.2, 0.25) is 0 Å². The summed E-state index contributed by atoms with van der Waals surface area (Å²) in [5, 5.41) is 33.0. The molecule has 0 amide bonds. The Hall–Kier alpha value is -1.61. The van der Waals surface area contributed by atoms with Crippen molar-refractivity contribution >= 4 is 11.2 Å². The fraction of sp³-hybridized carbons (Fsp3) is 0.583. The summed E-state index contributed by atoms with van der Waals surface area (Å²) >= 11 is 0. The molecule has 1 aliphatic heterocycles. The number of aliphatic hydroxyl groups is 3. The molecule has 0 aromatic carbocycles. The molecule has 1 aliphatic rings. The van der Waals surface area contributed by atoms with Gasteiger partial charge in [0.25, 0.3) is 0 Å². The fourth-order valence-electron chi connectivity index (χ4n) is 2.30. The van der Waals surface area contributed by atoms with Gasteiger partial charge in [-0.25, -0.2) is 14.6 Å². The van der Waals surface area contributed by atoms with E-state index in [2.05, 4.69) is 15.1 Å². The van der Waals surface area contributed by atoms with Crippen LogP contribution in [0.25, 0.3) is 11.2 Å². The second kappa shape index (κ2) is 4.74. The van der Waals surface area contributed by atoms with Gasteiger partial charge in [-0.1, -0.05) is 0 Å². The third-order valence-electron chi connectivity index (χ3n) is 3.59. The number of nitrogens with zero attached hydrogens (tertiary/aromatic N) is 4. The average Bonchev–Trinajstić information content (AvgIpc) is 2.94. The zero-order chi connectivity index (χ0) is 14.4. The van der Waals surface area contributed by atoms with Crippen LogP contribution in [0.15, 0.2) is 6.20 Å². The van der Waals surface area contributed by atoms with Gasteiger partial charge in [-0.2, -0.15) is 5.10 Å². The van der Waals surface area contributed by atoms with Crippen LogP contribution in [0.1, 0.15) is 17.6 Å².